The highest BCUT2D eigenvalue weighted by atomic mass is 16.5. The molecule has 2 heterocycles. The summed E-state index contributed by atoms with van der Waals surface area (Å²) in [6.45, 7) is 2.64. The van der Waals surface area contributed by atoms with Crippen molar-refractivity contribution in [3.63, 3.8) is 0 Å². The molecule has 0 amide bonds. The number of esters is 1. The van der Waals surface area contributed by atoms with Crippen molar-refractivity contribution in [3.05, 3.63) is 48.2 Å². The summed E-state index contributed by atoms with van der Waals surface area (Å²) >= 11 is 0. The van der Waals surface area contributed by atoms with E-state index in [0.29, 0.717) is 19.0 Å². The van der Waals surface area contributed by atoms with Crippen LogP contribution in [0.15, 0.2) is 36.8 Å². The summed E-state index contributed by atoms with van der Waals surface area (Å²) in [5.74, 6) is 0.117. The molecule has 6 heteroatoms. The van der Waals surface area contributed by atoms with Crippen LogP contribution in [0.4, 0.5) is 5.82 Å². The van der Waals surface area contributed by atoms with E-state index in [0.717, 1.165) is 5.56 Å². The van der Waals surface area contributed by atoms with E-state index < -0.39 is 5.97 Å². The minimum absolute atomic E-state index is 0.0570. The van der Waals surface area contributed by atoms with Crippen LogP contribution in [0.5, 0.6) is 0 Å². The summed E-state index contributed by atoms with van der Waals surface area (Å²) in [6, 6.07) is 5.50. The van der Waals surface area contributed by atoms with Crippen molar-refractivity contribution >= 4 is 11.8 Å². The van der Waals surface area contributed by atoms with Crippen molar-refractivity contribution < 1.29 is 9.53 Å². The Morgan fingerprint density at radius 2 is 2.05 bits per heavy atom. The van der Waals surface area contributed by atoms with Gasteiger partial charge in [-0.3, -0.25) is 4.98 Å². The zero-order chi connectivity index (χ0) is 13.5. The van der Waals surface area contributed by atoms with Gasteiger partial charge in [0.15, 0.2) is 0 Å². The summed E-state index contributed by atoms with van der Waals surface area (Å²) in [5.41, 5.74) is 1.08. The van der Waals surface area contributed by atoms with E-state index in [1.807, 2.05) is 12.1 Å². The lowest BCUT2D eigenvalue weighted by Gasteiger charge is -2.06. The standard InChI is InChI=1S/C13H14N4O2/c1-2-19-13(18)12-15-8-5-11(17-12)16-9-10-3-6-14-7-4-10/h3-8H,2,9H2,1H3,(H,15,16,17). The van der Waals surface area contributed by atoms with Gasteiger partial charge in [0.1, 0.15) is 5.82 Å². The number of rotatable bonds is 5. The number of carbonyl (C=O) groups excluding carboxylic acids is 1. The first kappa shape index (κ1) is 12.9. The highest BCUT2D eigenvalue weighted by Crippen LogP contribution is 2.06. The minimum Gasteiger partial charge on any atom is -0.460 e. The van der Waals surface area contributed by atoms with E-state index in [-0.39, 0.29) is 5.82 Å². The van der Waals surface area contributed by atoms with Gasteiger partial charge < -0.3 is 10.1 Å². The first-order valence-electron chi connectivity index (χ1n) is 5.92. The first-order valence-corrected chi connectivity index (χ1v) is 5.92. The smallest absolute Gasteiger partial charge is 0.376 e. The molecule has 0 aliphatic carbocycles. The zero-order valence-corrected chi connectivity index (χ0v) is 10.5. The molecule has 0 aliphatic rings. The topological polar surface area (TPSA) is 77.0 Å². The van der Waals surface area contributed by atoms with Gasteiger partial charge in [-0.05, 0) is 30.7 Å². The molecule has 6 nitrogen and oxygen atoms in total. The largest absolute Gasteiger partial charge is 0.460 e. The van der Waals surface area contributed by atoms with Gasteiger partial charge in [0.2, 0.25) is 5.82 Å². The van der Waals surface area contributed by atoms with Crippen molar-refractivity contribution in [2.75, 3.05) is 11.9 Å². The summed E-state index contributed by atoms with van der Waals surface area (Å²) in [6.07, 6.45) is 4.97. The maximum atomic E-state index is 11.5. The lowest BCUT2D eigenvalue weighted by atomic mass is 10.3. The molecule has 0 saturated carbocycles. The fraction of sp³-hybridized carbons (Fsp3) is 0.231. The molecule has 2 aromatic rings. The van der Waals surface area contributed by atoms with Gasteiger partial charge >= 0.3 is 5.97 Å². The van der Waals surface area contributed by atoms with Gasteiger partial charge in [-0.1, -0.05) is 0 Å². The second-order valence-electron chi connectivity index (χ2n) is 3.69. The number of anilines is 1. The Morgan fingerprint density at radius 3 is 2.79 bits per heavy atom. The Bertz CT molecular complexity index is 545. The summed E-state index contributed by atoms with van der Waals surface area (Å²) < 4.78 is 4.85. The predicted octanol–water partition coefficient (Wildman–Crippen LogP) is 1.66. The highest BCUT2D eigenvalue weighted by Gasteiger charge is 2.10. The van der Waals surface area contributed by atoms with Crippen LogP contribution in [0.25, 0.3) is 0 Å². The number of aromatic nitrogens is 3. The molecule has 0 atom stereocenters. The predicted molar refractivity (Wildman–Crippen MR) is 69.6 cm³/mol. The van der Waals surface area contributed by atoms with Crippen LogP contribution < -0.4 is 5.32 Å². The van der Waals surface area contributed by atoms with Crippen LogP contribution in [-0.2, 0) is 11.3 Å². The van der Waals surface area contributed by atoms with Gasteiger partial charge in [0, 0.05) is 25.1 Å². The zero-order valence-electron chi connectivity index (χ0n) is 10.5. The number of pyridine rings is 1. The molecule has 19 heavy (non-hydrogen) atoms. The maximum absolute atomic E-state index is 11.5. The third-order valence-corrected chi connectivity index (χ3v) is 2.34. The van der Waals surface area contributed by atoms with Crippen molar-refractivity contribution in [1.82, 2.24) is 15.0 Å². The molecule has 0 bridgehead atoms. The number of hydrogen-bond donors (Lipinski definition) is 1. The quantitative estimate of drug-likeness (QED) is 0.822. The molecule has 1 N–H and O–H groups in total. The van der Waals surface area contributed by atoms with Crippen molar-refractivity contribution in [1.29, 1.82) is 0 Å². The fourth-order valence-corrected chi connectivity index (χ4v) is 1.44. The monoisotopic (exact) mass is 258 g/mol. The molecule has 0 spiro atoms. The van der Waals surface area contributed by atoms with Crippen molar-refractivity contribution in [2.45, 2.75) is 13.5 Å². The summed E-state index contributed by atoms with van der Waals surface area (Å²) in [4.78, 5) is 23.4. The fourth-order valence-electron chi connectivity index (χ4n) is 1.44. The van der Waals surface area contributed by atoms with Gasteiger partial charge in [0.05, 0.1) is 6.61 Å². The number of ether oxygens (including phenoxy) is 1. The van der Waals surface area contributed by atoms with E-state index in [1.165, 1.54) is 6.20 Å². The van der Waals surface area contributed by atoms with E-state index in [1.54, 1.807) is 25.4 Å². The van der Waals surface area contributed by atoms with Gasteiger partial charge in [-0.2, -0.15) is 0 Å². The molecule has 0 unspecified atom stereocenters. The van der Waals surface area contributed by atoms with Crippen LogP contribution in [0, 0.1) is 0 Å². The van der Waals surface area contributed by atoms with Crippen LogP contribution in [0.1, 0.15) is 23.1 Å². The number of nitrogens with zero attached hydrogens (tertiary/aromatic N) is 3. The van der Waals surface area contributed by atoms with Gasteiger partial charge in [0.25, 0.3) is 0 Å². The number of hydrogen-bond acceptors (Lipinski definition) is 6. The first-order chi connectivity index (χ1) is 9.29. The molecular weight excluding hydrogens is 244 g/mol. The van der Waals surface area contributed by atoms with Crippen molar-refractivity contribution in [2.24, 2.45) is 0 Å². The Morgan fingerprint density at radius 1 is 1.26 bits per heavy atom. The average Bonchev–Trinajstić information content (AvgIpc) is 2.47. The molecule has 2 rings (SSSR count). The molecule has 0 aromatic carbocycles. The van der Waals surface area contributed by atoms with E-state index >= 15 is 0 Å². The van der Waals surface area contributed by atoms with Crippen molar-refractivity contribution in [3.8, 4) is 0 Å². The molecule has 0 fully saturated rings. The highest BCUT2D eigenvalue weighted by molar-refractivity contribution is 5.85. The molecule has 0 aliphatic heterocycles. The van der Waals surface area contributed by atoms with E-state index in [2.05, 4.69) is 20.3 Å². The molecule has 98 valence electrons. The van der Waals surface area contributed by atoms with E-state index in [4.69, 9.17) is 4.74 Å². The Kier molecular flexibility index (Phi) is 4.39. The Balaban J connectivity index is 2.01. The third kappa shape index (κ3) is 3.74. The lowest BCUT2D eigenvalue weighted by molar-refractivity contribution is 0.0512. The third-order valence-electron chi connectivity index (χ3n) is 2.34. The lowest BCUT2D eigenvalue weighted by Crippen LogP contribution is -2.11. The van der Waals surface area contributed by atoms with Gasteiger partial charge in [-0.15, -0.1) is 0 Å². The minimum atomic E-state index is -0.518. The number of carbonyl (C=O) groups is 1. The van der Waals surface area contributed by atoms with Crippen LogP contribution in [0.3, 0.4) is 0 Å². The van der Waals surface area contributed by atoms with Crippen LogP contribution in [0.2, 0.25) is 0 Å². The van der Waals surface area contributed by atoms with E-state index in [9.17, 15) is 4.79 Å². The second kappa shape index (κ2) is 6.44. The number of nitrogens with one attached hydrogen (secondary N) is 1. The Hall–Kier alpha value is -2.50. The summed E-state index contributed by atoms with van der Waals surface area (Å²) in [7, 11) is 0. The Labute approximate surface area is 110 Å². The summed E-state index contributed by atoms with van der Waals surface area (Å²) in [5, 5.41) is 3.11. The van der Waals surface area contributed by atoms with Crippen LogP contribution in [-0.4, -0.2) is 27.5 Å². The molecule has 0 radical (unpaired) electrons. The normalized spacial score (nSPS) is 9.95. The second-order valence-corrected chi connectivity index (χ2v) is 3.69. The molecule has 2 aromatic heterocycles. The average molecular weight is 258 g/mol. The molecule has 0 saturated heterocycles. The SMILES string of the molecule is CCOC(=O)c1nccc(NCc2ccncc2)n1. The maximum Gasteiger partial charge on any atom is 0.376 e. The van der Waals surface area contributed by atoms with Crippen LogP contribution >= 0.6 is 0 Å². The van der Waals surface area contributed by atoms with Gasteiger partial charge in [-0.25, -0.2) is 14.8 Å². The molecular formula is C13H14N4O2.